The number of aromatic nitrogens is 2. The molecule has 2 unspecified atom stereocenters. The molecular weight excluding hydrogens is 196 g/mol. The number of nitrogens with zero attached hydrogens (tertiary/aromatic N) is 2. The van der Waals surface area contributed by atoms with Crippen molar-refractivity contribution in [2.24, 2.45) is 0 Å². The Morgan fingerprint density at radius 3 is 3.21 bits per heavy atom. The fraction of sp³-hybridized carbons (Fsp3) is 0.700. The standard InChI is InChI=1S/C10H16N2OS/c1-2-12-7-8(6-11-12)10(13)9-4-3-5-14-9/h6-7,9-10,13H,2-5H2,1H3. The molecule has 3 nitrogen and oxygen atoms in total. The Morgan fingerprint density at radius 1 is 1.79 bits per heavy atom. The first-order valence-corrected chi connectivity index (χ1v) is 6.18. The van der Waals surface area contributed by atoms with Crippen LogP contribution in [0.25, 0.3) is 0 Å². The second kappa shape index (κ2) is 4.36. The Morgan fingerprint density at radius 2 is 2.64 bits per heavy atom. The Hall–Kier alpha value is -0.480. The van der Waals surface area contributed by atoms with Crippen LogP contribution in [-0.4, -0.2) is 25.9 Å². The molecule has 0 bridgehead atoms. The molecule has 1 aromatic heterocycles. The average molecular weight is 212 g/mol. The molecule has 2 rings (SSSR count). The van der Waals surface area contributed by atoms with Gasteiger partial charge in [-0.05, 0) is 25.5 Å². The third-order valence-corrected chi connectivity index (χ3v) is 4.08. The van der Waals surface area contributed by atoms with Gasteiger partial charge in [0, 0.05) is 23.6 Å². The van der Waals surface area contributed by atoms with E-state index in [0.29, 0.717) is 5.25 Å². The number of aliphatic hydroxyl groups excluding tert-OH is 1. The summed E-state index contributed by atoms with van der Waals surface area (Å²) in [7, 11) is 0. The average Bonchev–Trinajstić information content (AvgIpc) is 2.88. The Bertz CT molecular complexity index is 294. The second-order valence-electron chi connectivity index (χ2n) is 3.63. The minimum Gasteiger partial charge on any atom is -0.387 e. The van der Waals surface area contributed by atoms with E-state index in [1.807, 2.05) is 29.6 Å². The first-order valence-electron chi connectivity index (χ1n) is 5.13. The van der Waals surface area contributed by atoms with Gasteiger partial charge in [-0.1, -0.05) is 0 Å². The van der Waals surface area contributed by atoms with E-state index in [-0.39, 0.29) is 6.10 Å². The summed E-state index contributed by atoms with van der Waals surface area (Å²) < 4.78 is 1.86. The lowest BCUT2D eigenvalue weighted by Gasteiger charge is -2.14. The van der Waals surface area contributed by atoms with Gasteiger partial charge >= 0.3 is 0 Å². The van der Waals surface area contributed by atoms with E-state index < -0.39 is 0 Å². The molecule has 2 atom stereocenters. The Balaban J connectivity index is 2.05. The first-order chi connectivity index (χ1) is 6.81. The van der Waals surface area contributed by atoms with Crippen molar-refractivity contribution < 1.29 is 5.11 Å². The molecule has 0 amide bonds. The fourth-order valence-electron chi connectivity index (χ4n) is 1.77. The molecule has 0 aliphatic carbocycles. The number of hydrogen-bond acceptors (Lipinski definition) is 3. The lowest BCUT2D eigenvalue weighted by Crippen LogP contribution is -2.10. The van der Waals surface area contributed by atoms with E-state index in [2.05, 4.69) is 5.10 Å². The van der Waals surface area contributed by atoms with Crippen LogP contribution in [-0.2, 0) is 6.54 Å². The van der Waals surface area contributed by atoms with Crippen molar-refractivity contribution >= 4 is 11.8 Å². The van der Waals surface area contributed by atoms with Crippen LogP contribution in [0.5, 0.6) is 0 Å². The van der Waals surface area contributed by atoms with Gasteiger partial charge in [-0.15, -0.1) is 0 Å². The lowest BCUT2D eigenvalue weighted by atomic mass is 10.1. The van der Waals surface area contributed by atoms with Crippen LogP contribution in [0.4, 0.5) is 0 Å². The first kappa shape index (κ1) is 10.1. The SMILES string of the molecule is CCn1cc(C(O)C2CCCS2)cn1. The highest BCUT2D eigenvalue weighted by Gasteiger charge is 2.25. The number of hydrogen-bond donors (Lipinski definition) is 1. The van der Waals surface area contributed by atoms with Gasteiger partial charge in [0.15, 0.2) is 0 Å². The minimum atomic E-state index is -0.331. The molecule has 1 aliphatic rings. The molecule has 1 N–H and O–H groups in total. The molecule has 78 valence electrons. The summed E-state index contributed by atoms with van der Waals surface area (Å²) in [6.07, 6.45) is 5.76. The van der Waals surface area contributed by atoms with Crippen LogP contribution in [0.15, 0.2) is 12.4 Å². The molecule has 0 saturated carbocycles. The highest BCUT2D eigenvalue weighted by atomic mass is 32.2. The van der Waals surface area contributed by atoms with Crippen LogP contribution in [0.3, 0.4) is 0 Å². The Kier molecular flexibility index (Phi) is 3.13. The van der Waals surface area contributed by atoms with Crippen molar-refractivity contribution in [3.05, 3.63) is 18.0 Å². The van der Waals surface area contributed by atoms with Gasteiger partial charge in [-0.25, -0.2) is 0 Å². The molecular formula is C10H16N2OS. The summed E-state index contributed by atoms with van der Waals surface area (Å²) in [5.74, 6) is 1.18. The fourth-order valence-corrected chi connectivity index (χ4v) is 3.08. The van der Waals surface area contributed by atoms with Crippen molar-refractivity contribution in [1.82, 2.24) is 9.78 Å². The van der Waals surface area contributed by atoms with E-state index in [1.165, 1.54) is 12.2 Å². The van der Waals surface area contributed by atoms with Gasteiger partial charge in [0.2, 0.25) is 0 Å². The number of rotatable bonds is 3. The summed E-state index contributed by atoms with van der Waals surface area (Å²) in [4.78, 5) is 0. The molecule has 2 heterocycles. The smallest absolute Gasteiger partial charge is 0.0938 e. The maximum atomic E-state index is 10.1. The van der Waals surface area contributed by atoms with Crippen molar-refractivity contribution in [3.8, 4) is 0 Å². The van der Waals surface area contributed by atoms with E-state index >= 15 is 0 Å². The summed E-state index contributed by atoms with van der Waals surface area (Å²) in [5, 5.41) is 14.6. The predicted octanol–water partition coefficient (Wildman–Crippen LogP) is 1.83. The van der Waals surface area contributed by atoms with E-state index in [1.54, 1.807) is 6.20 Å². The monoisotopic (exact) mass is 212 g/mol. The van der Waals surface area contributed by atoms with Crippen molar-refractivity contribution in [2.75, 3.05) is 5.75 Å². The molecule has 0 radical (unpaired) electrons. The summed E-state index contributed by atoms with van der Waals surface area (Å²) in [6, 6.07) is 0. The maximum absolute atomic E-state index is 10.1. The molecule has 1 aliphatic heterocycles. The second-order valence-corrected chi connectivity index (χ2v) is 4.97. The van der Waals surface area contributed by atoms with Crippen molar-refractivity contribution in [3.63, 3.8) is 0 Å². The van der Waals surface area contributed by atoms with E-state index in [9.17, 15) is 5.11 Å². The third kappa shape index (κ3) is 1.96. The van der Waals surface area contributed by atoms with Crippen molar-refractivity contribution in [1.29, 1.82) is 0 Å². The third-order valence-electron chi connectivity index (χ3n) is 2.64. The molecule has 0 aromatic carbocycles. The lowest BCUT2D eigenvalue weighted by molar-refractivity contribution is 0.173. The maximum Gasteiger partial charge on any atom is 0.0938 e. The zero-order valence-electron chi connectivity index (χ0n) is 8.39. The number of aliphatic hydroxyl groups is 1. The van der Waals surface area contributed by atoms with Gasteiger partial charge in [0.1, 0.15) is 0 Å². The van der Waals surface area contributed by atoms with Gasteiger partial charge in [0.25, 0.3) is 0 Å². The summed E-state index contributed by atoms with van der Waals surface area (Å²) in [6.45, 7) is 2.91. The predicted molar refractivity (Wildman–Crippen MR) is 58.3 cm³/mol. The minimum absolute atomic E-state index is 0.331. The van der Waals surface area contributed by atoms with Crippen LogP contribution >= 0.6 is 11.8 Å². The van der Waals surface area contributed by atoms with E-state index in [4.69, 9.17) is 0 Å². The topological polar surface area (TPSA) is 38.0 Å². The highest BCUT2D eigenvalue weighted by molar-refractivity contribution is 8.00. The van der Waals surface area contributed by atoms with Gasteiger partial charge in [-0.2, -0.15) is 16.9 Å². The van der Waals surface area contributed by atoms with Gasteiger partial charge in [-0.3, -0.25) is 4.68 Å². The zero-order chi connectivity index (χ0) is 9.97. The van der Waals surface area contributed by atoms with Crippen LogP contribution in [0.2, 0.25) is 0 Å². The normalized spacial score (nSPS) is 24.0. The van der Waals surface area contributed by atoms with Crippen LogP contribution in [0, 0.1) is 0 Å². The largest absolute Gasteiger partial charge is 0.387 e. The van der Waals surface area contributed by atoms with Gasteiger partial charge < -0.3 is 5.11 Å². The van der Waals surface area contributed by atoms with Crippen molar-refractivity contribution in [2.45, 2.75) is 37.7 Å². The van der Waals surface area contributed by atoms with Crippen LogP contribution < -0.4 is 0 Å². The highest BCUT2D eigenvalue weighted by Crippen LogP contribution is 2.35. The van der Waals surface area contributed by atoms with Gasteiger partial charge in [0.05, 0.1) is 12.3 Å². The molecule has 1 fully saturated rings. The van der Waals surface area contributed by atoms with E-state index in [0.717, 1.165) is 18.5 Å². The molecule has 0 spiro atoms. The zero-order valence-corrected chi connectivity index (χ0v) is 9.20. The molecule has 1 saturated heterocycles. The van der Waals surface area contributed by atoms with Crippen LogP contribution in [0.1, 0.15) is 31.4 Å². The summed E-state index contributed by atoms with van der Waals surface area (Å²) >= 11 is 1.88. The Labute approximate surface area is 88.5 Å². The quantitative estimate of drug-likeness (QED) is 0.830. The molecule has 14 heavy (non-hydrogen) atoms. The number of aryl methyl sites for hydroxylation is 1. The molecule has 4 heteroatoms. The molecule has 1 aromatic rings. The number of thioether (sulfide) groups is 1. The summed E-state index contributed by atoms with van der Waals surface area (Å²) in [5.41, 5.74) is 0.964.